The van der Waals surface area contributed by atoms with E-state index in [0.29, 0.717) is 11.6 Å². The largest absolute Gasteiger partial charge is 0.349 e. The molecule has 0 bridgehead atoms. The summed E-state index contributed by atoms with van der Waals surface area (Å²) < 4.78 is 15.8. The van der Waals surface area contributed by atoms with Crippen LogP contribution >= 0.6 is 0 Å². The summed E-state index contributed by atoms with van der Waals surface area (Å²) in [5.74, 6) is -0.766. The lowest BCUT2D eigenvalue weighted by molar-refractivity contribution is -0.387. The lowest BCUT2D eigenvalue weighted by Crippen LogP contribution is -2.21. The van der Waals surface area contributed by atoms with Crippen LogP contribution in [0.3, 0.4) is 0 Å². The number of hydrogen-bond acceptors (Lipinski definition) is 3. The summed E-state index contributed by atoms with van der Waals surface area (Å²) in [6.07, 6.45) is 3.75. The molecule has 1 N–H and O–H groups in total. The highest BCUT2D eigenvalue weighted by atomic mass is 19.1. The molecule has 0 fully saturated rings. The van der Waals surface area contributed by atoms with E-state index in [1.54, 1.807) is 6.07 Å². The molecule has 112 valence electrons. The van der Waals surface area contributed by atoms with E-state index in [4.69, 9.17) is 0 Å². The number of halogens is 1. The van der Waals surface area contributed by atoms with Crippen LogP contribution in [0.1, 0.15) is 25.0 Å². The van der Waals surface area contributed by atoms with E-state index in [9.17, 15) is 14.5 Å². The van der Waals surface area contributed by atoms with Gasteiger partial charge in [0.05, 0.1) is 11.5 Å². The Morgan fingerprint density at radius 3 is 2.81 bits per heavy atom. The summed E-state index contributed by atoms with van der Waals surface area (Å²) in [7, 11) is 0. The predicted molar refractivity (Wildman–Crippen MR) is 78.6 cm³/mol. The lowest BCUT2D eigenvalue weighted by Gasteiger charge is -2.07. The van der Waals surface area contributed by atoms with Crippen molar-refractivity contribution in [2.24, 2.45) is 0 Å². The minimum atomic E-state index is -0.766. The SMILES string of the molecule is CC(C)NCc1ccn(Cc2cccc([N+](=O)[O-])c2F)c1. The second kappa shape index (κ2) is 6.49. The minimum absolute atomic E-state index is 0.273. The van der Waals surface area contributed by atoms with E-state index in [-0.39, 0.29) is 6.54 Å². The molecule has 1 heterocycles. The van der Waals surface area contributed by atoms with Crippen LogP contribution in [-0.2, 0) is 13.1 Å². The van der Waals surface area contributed by atoms with Crippen LogP contribution < -0.4 is 5.32 Å². The van der Waals surface area contributed by atoms with Crippen LogP contribution in [0.2, 0.25) is 0 Å². The maximum atomic E-state index is 14.0. The number of nitro benzene ring substituents is 1. The average Bonchev–Trinajstić information content (AvgIpc) is 2.86. The average molecular weight is 291 g/mol. The van der Waals surface area contributed by atoms with Crippen LogP contribution in [0.15, 0.2) is 36.7 Å². The van der Waals surface area contributed by atoms with E-state index >= 15 is 0 Å². The summed E-state index contributed by atoms with van der Waals surface area (Å²) in [5.41, 5.74) is 0.916. The predicted octanol–water partition coefficient (Wildman–Crippen LogP) is 3.08. The Morgan fingerprint density at radius 2 is 2.14 bits per heavy atom. The maximum Gasteiger partial charge on any atom is 0.305 e. The second-order valence-electron chi connectivity index (χ2n) is 5.24. The normalized spacial score (nSPS) is 11.0. The molecule has 1 aromatic carbocycles. The molecule has 21 heavy (non-hydrogen) atoms. The molecule has 0 saturated carbocycles. The van der Waals surface area contributed by atoms with Gasteiger partial charge in [0.2, 0.25) is 5.82 Å². The van der Waals surface area contributed by atoms with Crippen LogP contribution in [-0.4, -0.2) is 15.5 Å². The van der Waals surface area contributed by atoms with Crippen molar-refractivity contribution in [3.63, 3.8) is 0 Å². The molecule has 0 aliphatic carbocycles. The van der Waals surface area contributed by atoms with Crippen LogP contribution in [0, 0.1) is 15.9 Å². The summed E-state index contributed by atoms with van der Waals surface area (Å²) in [6, 6.07) is 6.58. The highest BCUT2D eigenvalue weighted by Gasteiger charge is 2.17. The van der Waals surface area contributed by atoms with Crippen LogP contribution in [0.25, 0.3) is 0 Å². The number of nitro groups is 1. The van der Waals surface area contributed by atoms with Gasteiger partial charge in [-0.15, -0.1) is 0 Å². The molecule has 0 radical (unpaired) electrons. The van der Waals surface area contributed by atoms with Crippen molar-refractivity contribution in [2.75, 3.05) is 0 Å². The fourth-order valence-corrected chi connectivity index (χ4v) is 2.04. The van der Waals surface area contributed by atoms with E-state index in [2.05, 4.69) is 19.2 Å². The molecule has 1 aromatic heterocycles. The quantitative estimate of drug-likeness (QED) is 0.657. The Hall–Kier alpha value is -2.21. The Balaban J connectivity index is 2.12. The third-order valence-electron chi connectivity index (χ3n) is 3.13. The zero-order valence-corrected chi connectivity index (χ0v) is 12.0. The van der Waals surface area contributed by atoms with Gasteiger partial charge in [-0.3, -0.25) is 10.1 Å². The van der Waals surface area contributed by atoms with Gasteiger partial charge in [-0.25, -0.2) is 0 Å². The van der Waals surface area contributed by atoms with Crippen molar-refractivity contribution < 1.29 is 9.31 Å². The minimum Gasteiger partial charge on any atom is -0.349 e. The van der Waals surface area contributed by atoms with E-state index in [1.807, 2.05) is 23.0 Å². The fourth-order valence-electron chi connectivity index (χ4n) is 2.04. The molecule has 0 aliphatic heterocycles. The molecule has 0 saturated heterocycles. The van der Waals surface area contributed by atoms with Crippen molar-refractivity contribution >= 4 is 5.69 Å². The number of nitrogens with one attached hydrogen (secondary N) is 1. The van der Waals surface area contributed by atoms with E-state index < -0.39 is 16.4 Å². The van der Waals surface area contributed by atoms with Crippen molar-refractivity contribution in [1.29, 1.82) is 0 Å². The van der Waals surface area contributed by atoms with Gasteiger partial charge in [0.25, 0.3) is 0 Å². The zero-order chi connectivity index (χ0) is 15.4. The van der Waals surface area contributed by atoms with Crippen LogP contribution in [0.5, 0.6) is 0 Å². The third-order valence-corrected chi connectivity index (χ3v) is 3.13. The van der Waals surface area contributed by atoms with Gasteiger partial charge in [-0.2, -0.15) is 4.39 Å². The number of aromatic nitrogens is 1. The number of benzene rings is 1. The van der Waals surface area contributed by atoms with Crippen LogP contribution in [0.4, 0.5) is 10.1 Å². The Bertz CT molecular complexity index is 638. The van der Waals surface area contributed by atoms with Gasteiger partial charge in [0.15, 0.2) is 0 Å². The first-order valence-electron chi connectivity index (χ1n) is 6.77. The fraction of sp³-hybridized carbons (Fsp3) is 0.333. The van der Waals surface area contributed by atoms with Gasteiger partial charge < -0.3 is 9.88 Å². The summed E-state index contributed by atoms with van der Waals surface area (Å²) in [6.45, 7) is 5.14. The van der Waals surface area contributed by atoms with Crippen molar-refractivity contribution in [1.82, 2.24) is 9.88 Å². The van der Waals surface area contributed by atoms with Gasteiger partial charge in [0, 0.05) is 36.6 Å². The second-order valence-corrected chi connectivity index (χ2v) is 5.24. The molecule has 0 spiro atoms. The molecule has 0 aliphatic rings. The topological polar surface area (TPSA) is 60.1 Å². The monoisotopic (exact) mass is 291 g/mol. The van der Waals surface area contributed by atoms with E-state index in [0.717, 1.165) is 12.1 Å². The molecule has 2 rings (SSSR count). The Labute approximate surface area is 122 Å². The maximum absolute atomic E-state index is 14.0. The smallest absolute Gasteiger partial charge is 0.305 e. The van der Waals surface area contributed by atoms with Crippen molar-refractivity contribution in [2.45, 2.75) is 33.0 Å². The first-order valence-corrected chi connectivity index (χ1v) is 6.77. The number of hydrogen-bond donors (Lipinski definition) is 1. The molecular formula is C15H18FN3O2. The standard InChI is InChI=1S/C15H18FN3O2/c1-11(2)17-8-12-6-7-18(9-12)10-13-4-3-5-14(15(13)16)19(20)21/h3-7,9,11,17H,8,10H2,1-2H3. The molecule has 2 aromatic rings. The molecule has 0 unspecified atom stereocenters. The number of rotatable bonds is 6. The Morgan fingerprint density at radius 1 is 1.38 bits per heavy atom. The van der Waals surface area contributed by atoms with Crippen molar-refractivity contribution in [3.05, 3.63) is 63.7 Å². The summed E-state index contributed by atoms with van der Waals surface area (Å²) >= 11 is 0. The van der Waals surface area contributed by atoms with Gasteiger partial charge in [0.1, 0.15) is 0 Å². The first kappa shape index (κ1) is 15.2. The molecular weight excluding hydrogens is 273 g/mol. The molecule has 5 nitrogen and oxygen atoms in total. The summed E-state index contributed by atoms with van der Waals surface area (Å²) in [4.78, 5) is 10.0. The first-order chi connectivity index (χ1) is 9.97. The van der Waals surface area contributed by atoms with Gasteiger partial charge in [-0.1, -0.05) is 26.0 Å². The molecule has 0 atom stereocenters. The summed E-state index contributed by atoms with van der Waals surface area (Å²) in [5, 5.41) is 14.0. The lowest BCUT2D eigenvalue weighted by atomic mass is 10.2. The molecule has 6 heteroatoms. The highest BCUT2D eigenvalue weighted by Crippen LogP contribution is 2.21. The van der Waals surface area contributed by atoms with Gasteiger partial charge in [-0.05, 0) is 11.6 Å². The van der Waals surface area contributed by atoms with E-state index in [1.165, 1.54) is 12.1 Å². The van der Waals surface area contributed by atoms with Crippen molar-refractivity contribution in [3.8, 4) is 0 Å². The highest BCUT2D eigenvalue weighted by molar-refractivity contribution is 5.37. The van der Waals surface area contributed by atoms with Gasteiger partial charge >= 0.3 is 5.69 Å². The molecule has 0 amide bonds. The number of nitrogens with zero attached hydrogens (tertiary/aromatic N) is 2. The zero-order valence-electron chi connectivity index (χ0n) is 12.0. The Kier molecular flexibility index (Phi) is 4.70. The third kappa shape index (κ3) is 3.88.